The molecule has 2 unspecified atom stereocenters. The summed E-state index contributed by atoms with van der Waals surface area (Å²) in [6.45, 7) is 7.70. The summed E-state index contributed by atoms with van der Waals surface area (Å²) < 4.78 is 46.8. The second kappa shape index (κ2) is 15.4. The minimum Gasteiger partial charge on any atom is -0.383 e. The molecule has 206 valence electrons. The Kier molecular flexibility index (Phi) is 12.7. The molecule has 0 aromatic heterocycles. The van der Waals surface area contributed by atoms with E-state index in [1.165, 1.54) is 19.2 Å². The molecule has 0 aliphatic carbocycles. The topological polar surface area (TPSA) is 91.7 Å². The van der Waals surface area contributed by atoms with Crippen molar-refractivity contribution in [2.45, 2.75) is 38.5 Å². The van der Waals surface area contributed by atoms with Gasteiger partial charge in [0.2, 0.25) is 5.91 Å². The zero-order valence-corrected chi connectivity index (χ0v) is 21.9. The first kappa shape index (κ1) is 30.4. The van der Waals surface area contributed by atoms with Crippen molar-refractivity contribution in [1.29, 1.82) is 0 Å². The Balaban J connectivity index is 0.00000235. The molecule has 1 aliphatic rings. The SMILES string of the molecule is CC(C)CC(NC(c1ccccc1)C(F)(F)F)C(=O)NCCNc1ccc(N2CCOCC2)cc1.CN. The van der Waals surface area contributed by atoms with Gasteiger partial charge in [0.05, 0.1) is 19.3 Å². The highest BCUT2D eigenvalue weighted by atomic mass is 19.4. The summed E-state index contributed by atoms with van der Waals surface area (Å²) >= 11 is 0. The van der Waals surface area contributed by atoms with Crippen LogP contribution in [0.15, 0.2) is 54.6 Å². The average molecular weight is 524 g/mol. The number of anilines is 2. The van der Waals surface area contributed by atoms with E-state index in [0.29, 0.717) is 19.5 Å². The van der Waals surface area contributed by atoms with Crippen LogP contribution in [0.25, 0.3) is 0 Å². The van der Waals surface area contributed by atoms with Crippen LogP contribution < -0.4 is 26.6 Å². The predicted molar refractivity (Wildman–Crippen MR) is 143 cm³/mol. The number of morpholine rings is 1. The summed E-state index contributed by atoms with van der Waals surface area (Å²) in [5, 5.41) is 8.59. The lowest BCUT2D eigenvalue weighted by Gasteiger charge is -2.29. The molecule has 37 heavy (non-hydrogen) atoms. The van der Waals surface area contributed by atoms with E-state index in [2.05, 4.69) is 26.6 Å². The number of halogens is 3. The van der Waals surface area contributed by atoms with Crippen LogP contribution in [0.3, 0.4) is 0 Å². The van der Waals surface area contributed by atoms with Crippen LogP contribution in [-0.4, -0.2) is 64.6 Å². The molecule has 1 amide bonds. The third kappa shape index (κ3) is 10.2. The second-order valence-electron chi connectivity index (χ2n) is 9.10. The van der Waals surface area contributed by atoms with Crippen molar-refractivity contribution in [1.82, 2.24) is 10.6 Å². The number of ether oxygens (including phenoxy) is 1. The summed E-state index contributed by atoms with van der Waals surface area (Å²) in [5.41, 5.74) is 6.63. The zero-order chi connectivity index (χ0) is 27.3. The molecular formula is C27H40F3N5O2. The minimum atomic E-state index is -4.52. The van der Waals surface area contributed by atoms with Gasteiger partial charge in [-0.2, -0.15) is 13.2 Å². The van der Waals surface area contributed by atoms with Crippen LogP contribution in [0.2, 0.25) is 0 Å². The minimum absolute atomic E-state index is 0.0472. The fraction of sp³-hybridized carbons (Fsp3) is 0.519. The molecule has 5 N–H and O–H groups in total. The molecule has 10 heteroatoms. The molecular weight excluding hydrogens is 483 g/mol. The highest BCUT2D eigenvalue weighted by Crippen LogP contribution is 2.33. The lowest BCUT2D eigenvalue weighted by atomic mass is 9.99. The molecule has 1 saturated heterocycles. The van der Waals surface area contributed by atoms with Crippen molar-refractivity contribution in [2.75, 3.05) is 56.7 Å². The maximum Gasteiger partial charge on any atom is 0.407 e. The average Bonchev–Trinajstić information content (AvgIpc) is 2.90. The van der Waals surface area contributed by atoms with Crippen LogP contribution in [-0.2, 0) is 9.53 Å². The number of nitrogens with zero attached hydrogens (tertiary/aromatic N) is 1. The lowest BCUT2D eigenvalue weighted by Crippen LogP contribution is -2.50. The Morgan fingerprint density at radius 2 is 1.62 bits per heavy atom. The first-order valence-electron chi connectivity index (χ1n) is 12.6. The van der Waals surface area contributed by atoms with Crippen molar-refractivity contribution in [3.05, 3.63) is 60.2 Å². The Morgan fingerprint density at radius 1 is 1.00 bits per heavy atom. The van der Waals surface area contributed by atoms with E-state index in [0.717, 1.165) is 37.7 Å². The first-order chi connectivity index (χ1) is 17.7. The van der Waals surface area contributed by atoms with Gasteiger partial charge in [-0.15, -0.1) is 0 Å². The van der Waals surface area contributed by atoms with E-state index in [1.807, 2.05) is 38.1 Å². The third-order valence-corrected chi connectivity index (χ3v) is 5.85. The van der Waals surface area contributed by atoms with Crippen LogP contribution in [0, 0.1) is 5.92 Å². The quantitative estimate of drug-likeness (QED) is 0.334. The number of alkyl halides is 3. The van der Waals surface area contributed by atoms with Gasteiger partial charge in [-0.1, -0.05) is 44.2 Å². The number of nitrogens with two attached hydrogens (primary N) is 1. The Bertz CT molecular complexity index is 905. The summed E-state index contributed by atoms with van der Waals surface area (Å²) in [7, 11) is 1.50. The Labute approximate surface area is 217 Å². The van der Waals surface area contributed by atoms with E-state index in [9.17, 15) is 18.0 Å². The number of carbonyl (C=O) groups excluding carboxylic acids is 1. The molecule has 7 nitrogen and oxygen atoms in total. The van der Waals surface area contributed by atoms with Crippen molar-refractivity contribution < 1.29 is 22.7 Å². The highest BCUT2D eigenvalue weighted by Gasteiger charge is 2.42. The van der Waals surface area contributed by atoms with Crippen LogP contribution in [0.1, 0.15) is 31.9 Å². The molecule has 0 spiro atoms. The molecule has 1 aliphatic heterocycles. The highest BCUT2D eigenvalue weighted by molar-refractivity contribution is 5.81. The predicted octanol–water partition coefficient (Wildman–Crippen LogP) is 3.93. The largest absolute Gasteiger partial charge is 0.407 e. The number of hydrogen-bond acceptors (Lipinski definition) is 6. The zero-order valence-electron chi connectivity index (χ0n) is 21.9. The van der Waals surface area contributed by atoms with E-state index in [1.54, 1.807) is 18.2 Å². The molecule has 3 rings (SSSR count). The van der Waals surface area contributed by atoms with E-state index in [4.69, 9.17) is 4.74 Å². The van der Waals surface area contributed by atoms with Gasteiger partial charge in [0.25, 0.3) is 0 Å². The van der Waals surface area contributed by atoms with Crippen molar-refractivity contribution in [3.63, 3.8) is 0 Å². The van der Waals surface area contributed by atoms with Gasteiger partial charge in [0.15, 0.2) is 0 Å². The molecule has 1 heterocycles. The second-order valence-corrected chi connectivity index (χ2v) is 9.10. The first-order valence-corrected chi connectivity index (χ1v) is 12.6. The van der Waals surface area contributed by atoms with Gasteiger partial charge in [-0.3, -0.25) is 10.1 Å². The van der Waals surface area contributed by atoms with Crippen molar-refractivity contribution in [3.8, 4) is 0 Å². The van der Waals surface area contributed by atoms with Crippen LogP contribution in [0.4, 0.5) is 24.5 Å². The smallest absolute Gasteiger partial charge is 0.383 e. The van der Waals surface area contributed by atoms with E-state index in [-0.39, 0.29) is 11.5 Å². The van der Waals surface area contributed by atoms with Gasteiger partial charge in [0, 0.05) is 37.6 Å². The summed E-state index contributed by atoms with van der Waals surface area (Å²) in [6.07, 6.45) is -4.23. The molecule has 2 aromatic carbocycles. The van der Waals surface area contributed by atoms with Crippen LogP contribution in [0.5, 0.6) is 0 Å². The number of amides is 1. The maximum absolute atomic E-state index is 13.8. The van der Waals surface area contributed by atoms with Gasteiger partial charge in [0.1, 0.15) is 6.04 Å². The summed E-state index contributed by atoms with van der Waals surface area (Å²) in [6, 6.07) is 12.8. The normalized spacial score (nSPS) is 15.4. The van der Waals surface area contributed by atoms with Gasteiger partial charge < -0.3 is 26.0 Å². The molecule has 0 bridgehead atoms. The van der Waals surface area contributed by atoms with E-state index < -0.39 is 24.2 Å². The fourth-order valence-corrected chi connectivity index (χ4v) is 4.08. The number of nitrogens with one attached hydrogen (secondary N) is 3. The summed E-state index contributed by atoms with van der Waals surface area (Å²) in [4.78, 5) is 15.1. The monoisotopic (exact) mass is 523 g/mol. The maximum atomic E-state index is 13.8. The molecule has 0 radical (unpaired) electrons. The molecule has 1 fully saturated rings. The Hall–Kier alpha value is -2.82. The van der Waals surface area contributed by atoms with Crippen molar-refractivity contribution in [2.24, 2.45) is 11.7 Å². The number of hydrogen-bond donors (Lipinski definition) is 4. The summed E-state index contributed by atoms with van der Waals surface area (Å²) in [5.74, 6) is -0.389. The van der Waals surface area contributed by atoms with Gasteiger partial charge in [-0.05, 0) is 49.2 Å². The number of rotatable bonds is 11. The fourth-order valence-electron chi connectivity index (χ4n) is 4.08. The van der Waals surface area contributed by atoms with Crippen LogP contribution >= 0.6 is 0 Å². The Morgan fingerprint density at radius 3 is 2.19 bits per heavy atom. The lowest BCUT2D eigenvalue weighted by molar-refractivity contribution is -0.161. The molecule has 2 aromatic rings. The number of benzene rings is 2. The standard InChI is InChI=1S/C26H35F3N4O2.CH5N/c1-19(2)18-23(32-24(26(27,28)29)20-6-4-3-5-7-20)25(34)31-13-12-30-21-8-10-22(11-9-21)33-14-16-35-17-15-33;1-2/h3-11,19,23-24,30,32H,12-18H2,1-2H3,(H,31,34);2H2,1H3. The van der Waals surface area contributed by atoms with Gasteiger partial charge in [-0.25, -0.2) is 0 Å². The number of carbonyl (C=O) groups is 1. The van der Waals surface area contributed by atoms with E-state index >= 15 is 0 Å². The van der Waals surface area contributed by atoms with Crippen molar-refractivity contribution >= 4 is 17.3 Å². The molecule has 2 atom stereocenters. The third-order valence-electron chi connectivity index (χ3n) is 5.85. The molecule has 0 saturated carbocycles. The van der Waals surface area contributed by atoms with Gasteiger partial charge >= 0.3 is 6.18 Å².